The molecule has 2 amide bonds. The summed E-state index contributed by atoms with van der Waals surface area (Å²) in [5.41, 5.74) is 0.545. The number of hydrogen-bond acceptors (Lipinski definition) is 3. The van der Waals surface area contributed by atoms with Crippen molar-refractivity contribution in [2.45, 2.75) is 57.7 Å². The van der Waals surface area contributed by atoms with Gasteiger partial charge in [-0.1, -0.05) is 26.2 Å². The third-order valence-corrected chi connectivity index (χ3v) is 4.73. The summed E-state index contributed by atoms with van der Waals surface area (Å²) in [5.74, 6) is -0.419. The second-order valence-corrected chi connectivity index (χ2v) is 7.24. The molecule has 0 saturated heterocycles. The van der Waals surface area contributed by atoms with Gasteiger partial charge in [0.15, 0.2) is 0 Å². The molecule has 0 aliphatic carbocycles. The molecule has 6 heteroatoms. The van der Waals surface area contributed by atoms with Crippen molar-refractivity contribution in [2.75, 3.05) is 11.1 Å². The van der Waals surface area contributed by atoms with Gasteiger partial charge in [0.1, 0.15) is 5.82 Å². The van der Waals surface area contributed by atoms with Gasteiger partial charge in [0.2, 0.25) is 11.8 Å². The monoisotopic (exact) mass is 354 g/mol. The SMILES string of the molecule is CCCCCC(C)NC(=O)C(C)SCC(=O)Nc1ccc(F)cc1. The topological polar surface area (TPSA) is 58.2 Å². The van der Waals surface area contributed by atoms with Crippen LogP contribution in [0.4, 0.5) is 10.1 Å². The Bertz CT molecular complexity index is 522. The summed E-state index contributed by atoms with van der Waals surface area (Å²) in [6.45, 7) is 5.95. The maximum absolute atomic E-state index is 12.8. The number of halogens is 1. The Morgan fingerprint density at radius 3 is 2.46 bits per heavy atom. The molecule has 4 nitrogen and oxygen atoms in total. The molecule has 0 aliphatic rings. The van der Waals surface area contributed by atoms with Crippen LogP contribution in [0.5, 0.6) is 0 Å². The Morgan fingerprint density at radius 1 is 1.17 bits per heavy atom. The zero-order valence-electron chi connectivity index (χ0n) is 14.6. The van der Waals surface area contributed by atoms with Crippen LogP contribution in [-0.4, -0.2) is 28.9 Å². The minimum atomic E-state index is -0.347. The van der Waals surface area contributed by atoms with E-state index in [9.17, 15) is 14.0 Å². The lowest BCUT2D eigenvalue weighted by molar-refractivity contribution is -0.120. The Kier molecular flexibility index (Phi) is 9.45. The zero-order chi connectivity index (χ0) is 17.9. The third kappa shape index (κ3) is 8.34. The van der Waals surface area contributed by atoms with E-state index in [4.69, 9.17) is 0 Å². The molecule has 134 valence electrons. The predicted molar refractivity (Wildman–Crippen MR) is 98.7 cm³/mol. The summed E-state index contributed by atoms with van der Waals surface area (Å²) >= 11 is 1.29. The number of carbonyl (C=O) groups is 2. The molecular weight excluding hydrogens is 327 g/mol. The first-order valence-electron chi connectivity index (χ1n) is 8.39. The van der Waals surface area contributed by atoms with Crippen LogP contribution in [-0.2, 0) is 9.59 Å². The van der Waals surface area contributed by atoms with E-state index in [2.05, 4.69) is 17.6 Å². The van der Waals surface area contributed by atoms with Crippen molar-refractivity contribution in [3.63, 3.8) is 0 Å². The van der Waals surface area contributed by atoms with Crippen molar-refractivity contribution in [2.24, 2.45) is 0 Å². The summed E-state index contributed by atoms with van der Waals surface area (Å²) < 4.78 is 12.8. The van der Waals surface area contributed by atoms with Gasteiger partial charge >= 0.3 is 0 Å². The molecule has 0 fully saturated rings. The van der Waals surface area contributed by atoms with Gasteiger partial charge < -0.3 is 10.6 Å². The smallest absolute Gasteiger partial charge is 0.234 e. The van der Waals surface area contributed by atoms with Gasteiger partial charge in [-0.25, -0.2) is 4.39 Å². The van der Waals surface area contributed by atoms with Gasteiger partial charge in [-0.05, 0) is 44.5 Å². The molecule has 0 heterocycles. The van der Waals surface area contributed by atoms with Crippen LogP contribution < -0.4 is 10.6 Å². The van der Waals surface area contributed by atoms with Crippen LogP contribution in [0.3, 0.4) is 0 Å². The molecule has 1 aromatic rings. The number of benzene rings is 1. The second-order valence-electron chi connectivity index (χ2n) is 5.91. The minimum Gasteiger partial charge on any atom is -0.353 e. The maximum Gasteiger partial charge on any atom is 0.234 e. The highest BCUT2D eigenvalue weighted by Gasteiger charge is 2.17. The highest BCUT2D eigenvalue weighted by Crippen LogP contribution is 2.14. The molecule has 24 heavy (non-hydrogen) atoms. The summed E-state index contributed by atoms with van der Waals surface area (Å²) in [6, 6.07) is 5.75. The third-order valence-electron chi connectivity index (χ3n) is 3.59. The fourth-order valence-corrected chi connectivity index (χ4v) is 2.83. The van der Waals surface area contributed by atoms with Crippen LogP contribution in [0.15, 0.2) is 24.3 Å². The predicted octanol–water partition coefficient (Wildman–Crippen LogP) is 3.97. The van der Waals surface area contributed by atoms with E-state index in [1.807, 2.05) is 6.92 Å². The van der Waals surface area contributed by atoms with Gasteiger partial charge in [0, 0.05) is 11.7 Å². The average molecular weight is 354 g/mol. The summed E-state index contributed by atoms with van der Waals surface area (Å²) in [5, 5.41) is 5.37. The number of thioether (sulfide) groups is 1. The highest BCUT2D eigenvalue weighted by molar-refractivity contribution is 8.01. The fraction of sp³-hybridized carbons (Fsp3) is 0.556. The van der Waals surface area contributed by atoms with Crippen molar-refractivity contribution in [3.05, 3.63) is 30.1 Å². The van der Waals surface area contributed by atoms with Crippen LogP contribution in [0.1, 0.15) is 46.5 Å². The van der Waals surface area contributed by atoms with E-state index < -0.39 is 0 Å². The molecule has 0 aliphatic heterocycles. The molecule has 0 bridgehead atoms. The molecule has 1 rings (SSSR count). The molecule has 0 aromatic heterocycles. The summed E-state index contributed by atoms with van der Waals surface area (Å²) in [6.07, 6.45) is 4.42. The maximum atomic E-state index is 12.8. The Labute approximate surface area is 148 Å². The number of amides is 2. The van der Waals surface area contributed by atoms with Gasteiger partial charge in [-0.2, -0.15) is 0 Å². The first-order valence-corrected chi connectivity index (χ1v) is 9.44. The second kappa shape index (κ2) is 11.1. The molecule has 0 spiro atoms. The Morgan fingerprint density at radius 2 is 1.83 bits per heavy atom. The first-order chi connectivity index (χ1) is 11.4. The number of carbonyl (C=O) groups excluding carboxylic acids is 2. The molecular formula is C18H27FN2O2S. The average Bonchev–Trinajstić information content (AvgIpc) is 2.55. The molecule has 0 radical (unpaired) electrons. The van der Waals surface area contributed by atoms with Crippen LogP contribution >= 0.6 is 11.8 Å². The number of hydrogen-bond donors (Lipinski definition) is 2. The van der Waals surface area contributed by atoms with Crippen molar-refractivity contribution in [1.29, 1.82) is 0 Å². The molecule has 2 N–H and O–H groups in total. The number of rotatable bonds is 10. The zero-order valence-corrected chi connectivity index (χ0v) is 15.4. The van der Waals surface area contributed by atoms with E-state index >= 15 is 0 Å². The lowest BCUT2D eigenvalue weighted by atomic mass is 10.1. The van der Waals surface area contributed by atoms with E-state index in [-0.39, 0.29) is 34.7 Å². The summed E-state index contributed by atoms with van der Waals surface area (Å²) in [7, 11) is 0. The first kappa shape index (κ1) is 20.5. The van der Waals surface area contributed by atoms with Crippen LogP contribution in [0.2, 0.25) is 0 Å². The number of unbranched alkanes of at least 4 members (excludes halogenated alkanes) is 2. The number of anilines is 1. The fourth-order valence-electron chi connectivity index (χ4n) is 2.14. The van der Waals surface area contributed by atoms with Crippen LogP contribution in [0.25, 0.3) is 0 Å². The standard InChI is InChI=1S/C18H27FN2O2S/c1-4-5-6-7-13(2)20-18(23)14(3)24-12-17(22)21-16-10-8-15(19)9-11-16/h8-11,13-14H,4-7,12H2,1-3H3,(H,20,23)(H,21,22). The van der Waals surface area contributed by atoms with E-state index in [0.717, 1.165) is 19.3 Å². The van der Waals surface area contributed by atoms with Crippen molar-refractivity contribution in [1.82, 2.24) is 5.32 Å². The lowest BCUT2D eigenvalue weighted by Gasteiger charge is -2.17. The quantitative estimate of drug-likeness (QED) is 0.625. The minimum absolute atomic E-state index is 0.0430. The normalized spacial score (nSPS) is 13.2. The Hall–Kier alpha value is -1.56. The molecule has 1 aromatic carbocycles. The molecule has 0 saturated carbocycles. The summed E-state index contributed by atoms with van der Waals surface area (Å²) in [4.78, 5) is 24.0. The molecule has 2 atom stereocenters. The van der Waals surface area contributed by atoms with Gasteiger partial charge in [-0.15, -0.1) is 11.8 Å². The van der Waals surface area contributed by atoms with Gasteiger partial charge in [-0.3, -0.25) is 9.59 Å². The van der Waals surface area contributed by atoms with Crippen LogP contribution in [0, 0.1) is 5.82 Å². The van der Waals surface area contributed by atoms with Crippen molar-refractivity contribution in [3.8, 4) is 0 Å². The van der Waals surface area contributed by atoms with Gasteiger partial charge in [0.05, 0.1) is 11.0 Å². The van der Waals surface area contributed by atoms with E-state index in [0.29, 0.717) is 5.69 Å². The largest absolute Gasteiger partial charge is 0.353 e. The van der Waals surface area contributed by atoms with E-state index in [1.165, 1.54) is 42.4 Å². The van der Waals surface area contributed by atoms with Crippen molar-refractivity contribution >= 4 is 29.3 Å². The number of nitrogens with one attached hydrogen (secondary N) is 2. The van der Waals surface area contributed by atoms with Gasteiger partial charge in [0.25, 0.3) is 0 Å². The molecule has 2 unspecified atom stereocenters. The highest BCUT2D eigenvalue weighted by atomic mass is 32.2. The lowest BCUT2D eigenvalue weighted by Crippen LogP contribution is -2.38. The van der Waals surface area contributed by atoms with Crippen molar-refractivity contribution < 1.29 is 14.0 Å². The Balaban J connectivity index is 2.28. The van der Waals surface area contributed by atoms with E-state index in [1.54, 1.807) is 6.92 Å².